The Balaban J connectivity index is 1.09. The van der Waals surface area contributed by atoms with Crippen molar-refractivity contribution in [3.63, 3.8) is 0 Å². The van der Waals surface area contributed by atoms with E-state index in [2.05, 4.69) is 52.8 Å². The van der Waals surface area contributed by atoms with Crippen molar-refractivity contribution in [3.8, 4) is 17.0 Å². The maximum absolute atomic E-state index is 14.7. The summed E-state index contributed by atoms with van der Waals surface area (Å²) in [4.78, 5) is 41.2. The van der Waals surface area contributed by atoms with Gasteiger partial charge in [-0.1, -0.05) is 39.8 Å². The van der Waals surface area contributed by atoms with Gasteiger partial charge in [0.25, 0.3) is 0 Å². The molecule has 0 spiro atoms. The molecule has 0 unspecified atom stereocenters. The van der Waals surface area contributed by atoms with Crippen molar-refractivity contribution in [1.82, 2.24) is 14.9 Å². The molecule has 2 bridgehead atoms. The fourth-order valence-corrected chi connectivity index (χ4v) is 9.28. The van der Waals surface area contributed by atoms with E-state index in [1.54, 1.807) is 19.6 Å². The summed E-state index contributed by atoms with van der Waals surface area (Å²) in [6, 6.07) is 10.7. The predicted octanol–water partition coefficient (Wildman–Crippen LogP) is 9.40. The van der Waals surface area contributed by atoms with Crippen LogP contribution in [0.2, 0.25) is 0 Å². The average molecular weight is 711 g/mol. The summed E-state index contributed by atoms with van der Waals surface area (Å²) in [6.07, 6.45) is 14.6. The number of carbonyl (C=O) groups is 2. The number of amides is 2. The van der Waals surface area contributed by atoms with E-state index >= 15 is 0 Å². The van der Waals surface area contributed by atoms with E-state index in [0.717, 1.165) is 81.5 Å². The lowest BCUT2D eigenvalue weighted by Gasteiger charge is -2.55. The molecule has 4 saturated carbocycles. The quantitative estimate of drug-likeness (QED) is 0.230. The maximum atomic E-state index is 14.7. The molecule has 52 heavy (non-hydrogen) atoms. The standard InChI is InChI=1S/C43H58N4O5/c1-29-14-23-46(24-15-29)40(49)52-34-10-7-31(8-11-34)38(48)47(37-26-32(13-22-44-37)35-27-51-39(45-35)41(3,4)5)28-42-16-19-43(20-17-42,21-18-42)33-9-12-36(50-6)30(2)25-33/h9,12-13,22,25-27,29,31,34H,7-8,10-11,14-21,23-24,28H2,1-6H3. The number of benzene rings is 1. The van der Waals surface area contributed by atoms with Crippen LogP contribution in [0.4, 0.5) is 10.6 Å². The second kappa shape index (κ2) is 14.5. The lowest BCUT2D eigenvalue weighted by molar-refractivity contribution is -0.124. The van der Waals surface area contributed by atoms with Crippen LogP contribution in [0, 0.1) is 24.2 Å². The number of pyridine rings is 1. The first-order valence-corrected chi connectivity index (χ1v) is 19.7. The summed E-state index contributed by atoms with van der Waals surface area (Å²) in [5, 5.41) is 0. The summed E-state index contributed by atoms with van der Waals surface area (Å²) >= 11 is 0. The Bertz CT molecular complexity index is 1720. The van der Waals surface area contributed by atoms with E-state index in [9.17, 15) is 9.59 Å². The number of aromatic nitrogens is 2. The molecule has 1 saturated heterocycles. The Morgan fingerprint density at radius 1 is 0.962 bits per heavy atom. The molecule has 0 atom stereocenters. The highest BCUT2D eigenvalue weighted by Gasteiger charge is 2.51. The number of likely N-dealkylation sites (tertiary alicyclic amines) is 1. The smallest absolute Gasteiger partial charge is 0.410 e. The minimum Gasteiger partial charge on any atom is -0.496 e. The van der Waals surface area contributed by atoms with Crippen LogP contribution >= 0.6 is 0 Å². The Hall–Kier alpha value is -3.88. The van der Waals surface area contributed by atoms with Gasteiger partial charge in [-0.2, -0.15) is 0 Å². The van der Waals surface area contributed by atoms with Crippen molar-refractivity contribution in [2.45, 2.75) is 129 Å². The normalized spacial score (nSPS) is 26.6. The van der Waals surface area contributed by atoms with Gasteiger partial charge in [0.05, 0.1) is 7.11 Å². The molecule has 1 aliphatic heterocycles. The van der Waals surface area contributed by atoms with E-state index in [1.165, 1.54) is 11.1 Å². The molecule has 1 aromatic carbocycles. The van der Waals surface area contributed by atoms with Crippen LogP contribution < -0.4 is 9.64 Å². The number of anilines is 1. The van der Waals surface area contributed by atoms with Gasteiger partial charge in [-0.15, -0.1) is 0 Å². The van der Waals surface area contributed by atoms with Crippen LogP contribution in [-0.4, -0.2) is 59.7 Å². The number of hydrogen-bond donors (Lipinski definition) is 0. The molecule has 5 aliphatic rings. The average Bonchev–Trinajstić information content (AvgIpc) is 3.67. The third kappa shape index (κ3) is 7.47. The third-order valence-electron chi connectivity index (χ3n) is 13.0. The fraction of sp³-hybridized carbons (Fsp3) is 0.628. The van der Waals surface area contributed by atoms with Crippen LogP contribution in [-0.2, 0) is 20.4 Å². The molecule has 0 radical (unpaired) electrons. The topological polar surface area (TPSA) is 98.0 Å². The Morgan fingerprint density at radius 3 is 2.27 bits per heavy atom. The van der Waals surface area contributed by atoms with Gasteiger partial charge in [0, 0.05) is 42.7 Å². The molecule has 0 N–H and O–H groups in total. The molecule has 9 heteroatoms. The summed E-state index contributed by atoms with van der Waals surface area (Å²) in [6.45, 7) is 12.8. The number of hydrogen-bond acceptors (Lipinski definition) is 7. The Morgan fingerprint density at radius 2 is 1.65 bits per heavy atom. The van der Waals surface area contributed by atoms with Crippen molar-refractivity contribution in [2.24, 2.45) is 17.3 Å². The van der Waals surface area contributed by atoms with Gasteiger partial charge < -0.3 is 18.8 Å². The second-order valence-electron chi connectivity index (χ2n) is 17.6. The van der Waals surface area contributed by atoms with Crippen molar-refractivity contribution in [2.75, 3.05) is 31.6 Å². The SMILES string of the molecule is COc1ccc(C23CCC(CN(C(=O)C4CCC(OC(=O)N5CCC(C)CC5)CC4)c4cc(-c5coc(C(C)(C)C)n5)ccn4)(CC2)CC3)cc1C. The highest BCUT2D eigenvalue weighted by Crippen LogP contribution is 2.58. The first-order chi connectivity index (χ1) is 24.9. The predicted molar refractivity (Wildman–Crippen MR) is 203 cm³/mol. The van der Waals surface area contributed by atoms with E-state index in [-0.39, 0.29) is 40.3 Å². The van der Waals surface area contributed by atoms with E-state index in [4.69, 9.17) is 23.9 Å². The van der Waals surface area contributed by atoms with Crippen molar-refractivity contribution in [1.29, 1.82) is 0 Å². The van der Waals surface area contributed by atoms with Crippen LogP contribution in [0.1, 0.15) is 122 Å². The minimum absolute atomic E-state index is 0.0442. The number of aryl methyl sites for hydroxylation is 1. The van der Waals surface area contributed by atoms with Gasteiger partial charge in [0.1, 0.15) is 29.6 Å². The molecule has 2 aromatic heterocycles. The van der Waals surface area contributed by atoms with Crippen LogP contribution in [0.5, 0.6) is 5.75 Å². The lowest BCUT2D eigenvalue weighted by atomic mass is 9.51. The van der Waals surface area contributed by atoms with Crippen LogP contribution in [0.15, 0.2) is 47.2 Å². The van der Waals surface area contributed by atoms with E-state index in [1.807, 2.05) is 21.9 Å². The number of oxazole rings is 1. The van der Waals surface area contributed by atoms with E-state index in [0.29, 0.717) is 49.9 Å². The molecular formula is C43H58N4O5. The summed E-state index contributed by atoms with van der Waals surface area (Å²) in [7, 11) is 1.74. The highest BCUT2D eigenvalue weighted by molar-refractivity contribution is 5.95. The Kier molecular flexibility index (Phi) is 10.2. The van der Waals surface area contributed by atoms with Crippen molar-refractivity contribution >= 4 is 17.8 Å². The molecule has 3 heterocycles. The van der Waals surface area contributed by atoms with Gasteiger partial charge in [-0.3, -0.25) is 9.69 Å². The highest BCUT2D eigenvalue weighted by atomic mass is 16.6. The van der Waals surface area contributed by atoms with Crippen molar-refractivity contribution in [3.05, 3.63) is 59.8 Å². The number of ether oxygens (including phenoxy) is 2. The van der Waals surface area contributed by atoms with Crippen LogP contribution in [0.3, 0.4) is 0 Å². The molecule has 2 amide bonds. The van der Waals surface area contributed by atoms with E-state index < -0.39 is 0 Å². The van der Waals surface area contributed by atoms with Gasteiger partial charge in [-0.25, -0.2) is 14.8 Å². The molecule has 3 aromatic rings. The first kappa shape index (κ1) is 36.5. The van der Waals surface area contributed by atoms with Gasteiger partial charge in [0.15, 0.2) is 5.89 Å². The molecule has 9 nitrogen and oxygen atoms in total. The monoisotopic (exact) mass is 710 g/mol. The summed E-state index contributed by atoms with van der Waals surface area (Å²) in [5.41, 5.74) is 4.27. The van der Waals surface area contributed by atoms with Gasteiger partial charge in [0.2, 0.25) is 5.91 Å². The number of fused-ring (bicyclic) bond motifs is 3. The first-order valence-electron chi connectivity index (χ1n) is 19.7. The zero-order valence-electron chi connectivity index (χ0n) is 32.2. The fourth-order valence-electron chi connectivity index (χ4n) is 9.28. The van der Waals surface area contributed by atoms with Crippen LogP contribution in [0.25, 0.3) is 11.3 Å². The zero-order valence-corrected chi connectivity index (χ0v) is 32.2. The summed E-state index contributed by atoms with van der Waals surface area (Å²) in [5.74, 6) is 2.95. The number of nitrogens with zero attached hydrogens (tertiary/aromatic N) is 4. The number of carbonyl (C=O) groups excluding carboxylic acids is 2. The number of methoxy groups -OCH3 is 1. The molecular weight excluding hydrogens is 652 g/mol. The molecule has 5 fully saturated rings. The number of piperidine rings is 1. The van der Waals surface area contributed by atoms with Crippen molar-refractivity contribution < 1.29 is 23.5 Å². The molecule has 280 valence electrons. The largest absolute Gasteiger partial charge is 0.496 e. The van der Waals surface area contributed by atoms with Gasteiger partial charge in [-0.05, 0) is 130 Å². The minimum atomic E-state index is -0.212. The molecule has 4 aliphatic carbocycles. The lowest BCUT2D eigenvalue weighted by Crippen LogP contribution is -2.52. The third-order valence-corrected chi connectivity index (χ3v) is 13.0. The Labute approximate surface area is 309 Å². The number of rotatable bonds is 8. The zero-order chi connectivity index (χ0) is 36.7. The second-order valence-corrected chi connectivity index (χ2v) is 17.6. The summed E-state index contributed by atoms with van der Waals surface area (Å²) < 4.78 is 17.4. The maximum Gasteiger partial charge on any atom is 0.410 e. The molecule has 8 rings (SSSR count). The van der Waals surface area contributed by atoms with Gasteiger partial charge >= 0.3 is 6.09 Å².